The number of hydrogen-bond donors (Lipinski definition) is 1. The number of hydrogen-bond acceptors (Lipinski definition) is 2. The molecule has 0 aromatic carbocycles. The summed E-state index contributed by atoms with van der Waals surface area (Å²) in [5.41, 5.74) is 1.13. The first kappa shape index (κ1) is 9.30. The van der Waals surface area contributed by atoms with Gasteiger partial charge < -0.3 is 5.32 Å². The van der Waals surface area contributed by atoms with E-state index < -0.39 is 0 Å². The van der Waals surface area contributed by atoms with Crippen LogP contribution in [0, 0.1) is 5.92 Å². The molecule has 0 saturated carbocycles. The number of allylic oxidation sites excluding steroid dienone is 2. The summed E-state index contributed by atoms with van der Waals surface area (Å²) in [4.78, 5) is 10.8. The quantitative estimate of drug-likeness (QED) is 0.692. The lowest BCUT2D eigenvalue weighted by molar-refractivity contribution is -0.114. The third-order valence-electron chi connectivity index (χ3n) is 2.05. The minimum atomic E-state index is 0.266. The Balaban J connectivity index is 2.16. The number of nitrogens with one attached hydrogen (secondary N) is 1. The summed E-state index contributed by atoms with van der Waals surface area (Å²) >= 11 is 0. The standard InChI is InChI=1S/C10H17NO/c1-8(2)5-6-11-9-3-4-10(12)7-9/h7-8,11H,3-6H2,1-2H3. The summed E-state index contributed by atoms with van der Waals surface area (Å²) in [6.07, 6.45) is 4.52. The fourth-order valence-corrected chi connectivity index (χ4v) is 1.26. The van der Waals surface area contributed by atoms with Crippen molar-refractivity contribution in [2.75, 3.05) is 6.54 Å². The third kappa shape index (κ3) is 3.07. The topological polar surface area (TPSA) is 29.1 Å². The lowest BCUT2D eigenvalue weighted by atomic mass is 10.1. The predicted octanol–water partition coefficient (Wildman–Crippen LogP) is 1.87. The van der Waals surface area contributed by atoms with Gasteiger partial charge in [-0.3, -0.25) is 4.79 Å². The molecular formula is C10H17NO. The van der Waals surface area contributed by atoms with Gasteiger partial charge in [0.15, 0.2) is 5.78 Å². The van der Waals surface area contributed by atoms with Gasteiger partial charge in [0, 0.05) is 24.7 Å². The van der Waals surface area contributed by atoms with Crippen molar-refractivity contribution in [3.8, 4) is 0 Å². The van der Waals surface area contributed by atoms with E-state index in [1.54, 1.807) is 6.08 Å². The molecule has 0 aromatic rings. The highest BCUT2D eigenvalue weighted by Crippen LogP contribution is 2.11. The monoisotopic (exact) mass is 167 g/mol. The average Bonchev–Trinajstić information content (AvgIpc) is 2.35. The highest BCUT2D eigenvalue weighted by atomic mass is 16.1. The first-order valence-corrected chi connectivity index (χ1v) is 4.66. The van der Waals surface area contributed by atoms with Crippen molar-refractivity contribution in [1.29, 1.82) is 0 Å². The number of ketones is 1. The van der Waals surface area contributed by atoms with Gasteiger partial charge in [-0.05, 0) is 18.8 Å². The van der Waals surface area contributed by atoms with Gasteiger partial charge in [0.25, 0.3) is 0 Å². The van der Waals surface area contributed by atoms with Crippen LogP contribution in [0.25, 0.3) is 0 Å². The first-order valence-electron chi connectivity index (χ1n) is 4.66. The van der Waals surface area contributed by atoms with Crippen molar-refractivity contribution in [1.82, 2.24) is 5.32 Å². The molecule has 0 fully saturated rings. The normalized spacial score (nSPS) is 16.9. The van der Waals surface area contributed by atoms with Crippen LogP contribution in [0.2, 0.25) is 0 Å². The van der Waals surface area contributed by atoms with Gasteiger partial charge in [0.1, 0.15) is 0 Å². The minimum Gasteiger partial charge on any atom is -0.388 e. The van der Waals surface area contributed by atoms with Crippen molar-refractivity contribution in [3.63, 3.8) is 0 Å². The third-order valence-corrected chi connectivity index (χ3v) is 2.05. The van der Waals surface area contributed by atoms with Crippen molar-refractivity contribution in [2.45, 2.75) is 33.1 Å². The molecule has 0 aromatic heterocycles. The van der Waals surface area contributed by atoms with Crippen molar-refractivity contribution in [3.05, 3.63) is 11.8 Å². The molecule has 1 rings (SSSR count). The van der Waals surface area contributed by atoms with Gasteiger partial charge in [-0.2, -0.15) is 0 Å². The van der Waals surface area contributed by atoms with Crippen LogP contribution in [-0.4, -0.2) is 12.3 Å². The van der Waals surface area contributed by atoms with Crippen LogP contribution >= 0.6 is 0 Å². The SMILES string of the molecule is CC(C)CCNC1=CC(=O)CC1. The number of rotatable bonds is 4. The Kier molecular flexibility index (Phi) is 3.32. The molecule has 2 nitrogen and oxygen atoms in total. The van der Waals surface area contributed by atoms with Gasteiger partial charge >= 0.3 is 0 Å². The molecule has 0 bridgehead atoms. The predicted molar refractivity (Wildman–Crippen MR) is 49.8 cm³/mol. The van der Waals surface area contributed by atoms with E-state index in [2.05, 4.69) is 19.2 Å². The van der Waals surface area contributed by atoms with Crippen LogP contribution in [0.1, 0.15) is 33.1 Å². The highest BCUT2D eigenvalue weighted by molar-refractivity contribution is 5.92. The van der Waals surface area contributed by atoms with E-state index in [4.69, 9.17) is 0 Å². The molecule has 0 saturated heterocycles. The Morgan fingerprint density at radius 2 is 2.25 bits per heavy atom. The largest absolute Gasteiger partial charge is 0.388 e. The van der Waals surface area contributed by atoms with E-state index in [1.165, 1.54) is 6.42 Å². The van der Waals surface area contributed by atoms with Gasteiger partial charge in [0.2, 0.25) is 0 Å². The molecule has 0 aliphatic heterocycles. The van der Waals surface area contributed by atoms with Crippen molar-refractivity contribution >= 4 is 5.78 Å². The average molecular weight is 167 g/mol. The Morgan fingerprint density at radius 3 is 2.75 bits per heavy atom. The van der Waals surface area contributed by atoms with Crippen molar-refractivity contribution < 1.29 is 4.79 Å². The van der Waals surface area contributed by atoms with E-state index in [-0.39, 0.29) is 5.78 Å². The summed E-state index contributed by atoms with van der Waals surface area (Å²) in [7, 11) is 0. The van der Waals surface area contributed by atoms with E-state index in [0.29, 0.717) is 6.42 Å². The second kappa shape index (κ2) is 4.29. The fraction of sp³-hybridized carbons (Fsp3) is 0.700. The molecule has 2 heteroatoms. The Morgan fingerprint density at radius 1 is 1.50 bits per heavy atom. The van der Waals surface area contributed by atoms with Crippen LogP contribution in [0.15, 0.2) is 11.8 Å². The highest BCUT2D eigenvalue weighted by Gasteiger charge is 2.10. The second-order valence-corrected chi connectivity index (χ2v) is 3.75. The van der Waals surface area contributed by atoms with Gasteiger partial charge in [0.05, 0.1) is 0 Å². The molecule has 0 unspecified atom stereocenters. The molecule has 68 valence electrons. The Labute approximate surface area is 74.0 Å². The molecule has 0 atom stereocenters. The van der Waals surface area contributed by atoms with Crippen LogP contribution < -0.4 is 5.32 Å². The molecule has 1 aliphatic rings. The van der Waals surface area contributed by atoms with E-state index in [9.17, 15) is 4.79 Å². The molecule has 1 aliphatic carbocycles. The maximum Gasteiger partial charge on any atom is 0.157 e. The zero-order valence-electron chi connectivity index (χ0n) is 7.89. The molecule has 0 radical (unpaired) electrons. The van der Waals surface area contributed by atoms with Crippen molar-refractivity contribution in [2.24, 2.45) is 5.92 Å². The zero-order valence-corrected chi connectivity index (χ0v) is 7.89. The first-order chi connectivity index (χ1) is 5.68. The van der Waals surface area contributed by atoms with Crippen LogP contribution in [0.4, 0.5) is 0 Å². The molecule has 12 heavy (non-hydrogen) atoms. The molecular weight excluding hydrogens is 150 g/mol. The maximum absolute atomic E-state index is 10.8. The molecule has 0 spiro atoms. The molecule has 1 N–H and O–H groups in total. The Hall–Kier alpha value is -0.790. The summed E-state index contributed by atoms with van der Waals surface area (Å²) in [6.45, 7) is 5.41. The molecule has 0 amide bonds. The van der Waals surface area contributed by atoms with E-state index >= 15 is 0 Å². The zero-order chi connectivity index (χ0) is 8.97. The lowest BCUT2D eigenvalue weighted by Gasteiger charge is -2.07. The van der Waals surface area contributed by atoms with Crippen LogP contribution in [-0.2, 0) is 4.79 Å². The fourth-order valence-electron chi connectivity index (χ4n) is 1.26. The summed E-state index contributed by atoms with van der Waals surface area (Å²) in [5.74, 6) is 0.997. The number of carbonyl (C=O) groups excluding carboxylic acids is 1. The van der Waals surface area contributed by atoms with Gasteiger partial charge in [-0.15, -0.1) is 0 Å². The van der Waals surface area contributed by atoms with Gasteiger partial charge in [-0.25, -0.2) is 0 Å². The second-order valence-electron chi connectivity index (χ2n) is 3.75. The van der Waals surface area contributed by atoms with E-state index in [1.807, 2.05) is 0 Å². The Bertz CT molecular complexity index is 194. The number of carbonyl (C=O) groups is 1. The summed E-state index contributed by atoms with van der Waals surface area (Å²) in [5, 5.41) is 3.28. The smallest absolute Gasteiger partial charge is 0.157 e. The van der Waals surface area contributed by atoms with E-state index in [0.717, 1.165) is 24.6 Å². The summed E-state index contributed by atoms with van der Waals surface area (Å²) in [6, 6.07) is 0. The van der Waals surface area contributed by atoms with Crippen LogP contribution in [0.3, 0.4) is 0 Å². The van der Waals surface area contributed by atoms with Gasteiger partial charge in [-0.1, -0.05) is 13.8 Å². The maximum atomic E-state index is 10.8. The van der Waals surface area contributed by atoms with Crippen LogP contribution in [0.5, 0.6) is 0 Å². The summed E-state index contributed by atoms with van der Waals surface area (Å²) < 4.78 is 0. The minimum absolute atomic E-state index is 0.266. The molecule has 0 heterocycles. The lowest BCUT2D eigenvalue weighted by Crippen LogP contribution is -2.14.